The molecule has 2 fully saturated rings. The monoisotopic (exact) mass is 811 g/mol. The van der Waals surface area contributed by atoms with Gasteiger partial charge >= 0.3 is 0 Å². The number of hydrogen-bond acceptors (Lipinski definition) is 11. The fraction of sp³-hybridized carbons (Fsp3) is 0.522. The number of allylic oxidation sites excluding steroid dienone is 1. The van der Waals surface area contributed by atoms with Crippen LogP contribution in [0.5, 0.6) is 11.5 Å². The van der Waals surface area contributed by atoms with Crippen LogP contribution in [-0.2, 0) is 22.8 Å². The first-order valence-corrected chi connectivity index (χ1v) is 21.9. The van der Waals surface area contributed by atoms with Gasteiger partial charge in [-0.05, 0) is 111 Å². The zero-order chi connectivity index (χ0) is 40.5. The molecule has 3 aromatic rings. The predicted molar refractivity (Wildman–Crippen MR) is 226 cm³/mol. The van der Waals surface area contributed by atoms with Gasteiger partial charge in [0.15, 0.2) is 0 Å². The molecular weight excluding hydrogens is 755 g/mol. The molecule has 2 saturated carbocycles. The number of unbranched alkanes of at least 4 members (excludes halogenated alkanes) is 2. The highest BCUT2D eigenvalue weighted by Gasteiger charge is 2.64. The van der Waals surface area contributed by atoms with Crippen molar-refractivity contribution in [2.75, 3.05) is 19.8 Å². The van der Waals surface area contributed by atoms with E-state index >= 15 is 0 Å². The second-order valence-corrected chi connectivity index (χ2v) is 17.6. The van der Waals surface area contributed by atoms with Crippen LogP contribution >= 0.6 is 11.8 Å². The molecule has 0 spiro atoms. The number of aryl methyl sites for hydroxylation is 1. The molecule has 2 heterocycles. The fourth-order valence-electron chi connectivity index (χ4n) is 9.53. The van der Waals surface area contributed by atoms with Crippen molar-refractivity contribution in [3.63, 3.8) is 0 Å². The van der Waals surface area contributed by atoms with Crippen molar-refractivity contribution in [2.24, 2.45) is 22.9 Å². The number of hydrogen-bond donors (Lipinski definition) is 2. The minimum absolute atomic E-state index is 0.0298. The van der Waals surface area contributed by atoms with Crippen LogP contribution in [0.1, 0.15) is 99.1 Å². The Balaban J connectivity index is 1.34. The maximum absolute atomic E-state index is 11.3. The van der Waals surface area contributed by atoms with Crippen molar-refractivity contribution < 1.29 is 34.2 Å². The smallest absolute Gasteiger partial charge is 0.269 e. The Morgan fingerprint density at radius 2 is 1.81 bits per heavy atom. The van der Waals surface area contributed by atoms with E-state index in [4.69, 9.17) is 24.2 Å². The van der Waals surface area contributed by atoms with Gasteiger partial charge in [-0.3, -0.25) is 15.1 Å². The standard InChI is InChI=1S/C46H57N3O8S/c1-3-25-55-46-43(58-37-14-4-5-15-37)28-41(48-56-29-32-17-19-35(20-18-32)49(52)53)39-26-33(12-6-8-23-50)38(16-7-9-24-51)44(45(39)46)40-27-36(21-22-42(40)57-46)54-30-34-13-10-11-31(2)47-34/h3,10-11,13,17-22,26-27,33,37-38,43-45,50-51H,1,4-9,12,14-16,23-25,28-30H2,2H3/t33-,38+,43-,44+,45+,46+/m0/s1. The number of benzene rings is 2. The number of non-ortho nitro benzene ring substituents is 1. The molecular formula is C46H57N3O8S. The number of oxime groups is 1. The van der Waals surface area contributed by atoms with Crippen LogP contribution in [0.4, 0.5) is 5.69 Å². The topological polar surface area (TPSA) is 146 Å². The minimum atomic E-state index is -1.03. The maximum Gasteiger partial charge on any atom is 0.269 e. The van der Waals surface area contributed by atoms with E-state index in [1.54, 1.807) is 18.2 Å². The largest absolute Gasteiger partial charge is 0.487 e. The third kappa shape index (κ3) is 9.46. The molecule has 0 radical (unpaired) electrons. The number of nitro groups is 1. The van der Waals surface area contributed by atoms with E-state index in [0.29, 0.717) is 37.7 Å². The van der Waals surface area contributed by atoms with E-state index in [-0.39, 0.29) is 54.4 Å². The zero-order valence-electron chi connectivity index (χ0n) is 33.5. The molecule has 58 heavy (non-hydrogen) atoms. The summed E-state index contributed by atoms with van der Waals surface area (Å²) >= 11 is 1.96. The molecule has 4 aliphatic rings. The summed E-state index contributed by atoms with van der Waals surface area (Å²) in [6.07, 6.45) is 14.4. The second-order valence-electron chi connectivity index (χ2n) is 16.0. The normalized spacial score (nSPS) is 25.7. The molecule has 12 heteroatoms. The average Bonchev–Trinajstić information content (AvgIpc) is 3.75. The molecule has 0 amide bonds. The lowest BCUT2D eigenvalue weighted by molar-refractivity contribution is -0.384. The minimum Gasteiger partial charge on any atom is -0.487 e. The molecule has 0 bridgehead atoms. The Kier molecular flexibility index (Phi) is 14.2. The number of pyridine rings is 1. The number of aliphatic hydroxyl groups is 2. The van der Waals surface area contributed by atoms with Crippen molar-refractivity contribution >= 4 is 23.2 Å². The van der Waals surface area contributed by atoms with Gasteiger partial charge in [-0.2, -0.15) is 0 Å². The van der Waals surface area contributed by atoms with Crippen molar-refractivity contribution in [3.05, 3.63) is 118 Å². The summed E-state index contributed by atoms with van der Waals surface area (Å²) in [6.45, 7) is 7.12. The first-order valence-electron chi connectivity index (χ1n) is 21.0. The molecule has 2 aromatic carbocycles. The Bertz CT molecular complexity index is 1930. The molecule has 6 atom stereocenters. The van der Waals surface area contributed by atoms with Crippen LogP contribution < -0.4 is 9.47 Å². The van der Waals surface area contributed by atoms with E-state index in [9.17, 15) is 20.3 Å². The third-order valence-corrected chi connectivity index (χ3v) is 13.8. The summed E-state index contributed by atoms with van der Waals surface area (Å²) in [5, 5.41) is 36.3. The van der Waals surface area contributed by atoms with Crippen molar-refractivity contribution in [2.45, 2.75) is 113 Å². The van der Waals surface area contributed by atoms with Crippen LogP contribution in [-0.4, -0.2) is 61.9 Å². The summed E-state index contributed by atoms with van der Waals surface area (Å²) < 4.78 is 20.9. The van der Waals surface area contributed by atoms with Crippen molar-refractivity contribution in [3.8, 4) is 11.5 Å². The number of ether oxygens (including phenoxy) is 3. The van der Waals surface area contributed by atoms with Gasteiger partial charge in [0.2, 0.25) is 5.79 Å². The first-order chi connectivity index (χ1) is 28.3. The lowest BCUT2D eigenvalue weighted by atomic mass is 9.56. The lowest BCUT2D eigenvalue weighted by Gasteiger charge is -2.58. The summed E-state index contributed by atoms with van der Waals surface area (Å²) in [4.78, 5) is 21.7. The molecule has 11 nitrogen and oxygen atoms in total. The van der Waals surface area contributed by atoms with Crippen LogP contribution in [0.25, 0.3) is 0 Å². The molecule has 1 aliphatic heterocycles. The van der Waals surface area contributed by atoms with E-state index in [0.717, 1.165) is 83.8 Å². The van der Waals surface area contributed by atoms with Crippen LogP contribution in [0.3, 0.4) is 0 Å². The molecule has 3 aliphatic carbocycles. The molecule has 0 saturated heterocycles. The molecule has 310 valence electrons. The Morgan fingerprint density at radius 1 is 1.03 bits per heavy atom. The average molecular weight is 812 g/mol. The number of aromatic nitrogens is 1. The molecule has 0 unspecified atom stereocenters. The molecule has 2 N–H and O–H groups in total. The SMILES string of the molecule is C=CCO[C@@]12Oc3ccc(OCc4cccc(C)n4)cc3[C@H]3[C@H](CCCCO)[C@@H](CCCCO)C=C(C(=NOCc4ccc([N+](=O)[O-])cc4)C[C@@H]1SC1CCCC1)[C@H]32. The highest BCUT2D eigenvalue weighted by molar-refractivity contribution is 8.00. The van der Waals surface area contributed by atoms with Gasteiger partial charge in [0.25, 0.3) is 5.69 Å². The van der Waals surface area contributed by atoms with Gasteiger partial charge < -0.3 is 29.3 Å². The highest BCUT2D eigenvalue weighted by atomic mass is 32.2. The van der Waals surface area contributed by atoms with Crippen molar-refractivity contribution in [1.29, 1.82) is 0 Å². The van der Waals surface area contributed by atoms with E-state index < -0.39 is 10.7 Å². The first kappa shape index (κ1) is 41.9. The maximum atomic E-state index is 11.3. The predicted octanol–water partition coefficient (Wildman–Crippen LogP) is 9.39. The van der Waals surface area contributed by atoms with E-state index in [1.807, 2.05) is 49.0 Å². The quantitative estimate of drug-likeness (QED) is 0.0490. The zero-order valence-corrected chi connectivity index (χ0v) is 34.3. The number of aliphatic hydroxyl groups excluding tert-OH is 2. The number of thioether (sulfide) groups is 1. The van der Waals surface area contributed by atoms with Gasteiger partial charge in [-0.1, -0.05) is 49.1 Å². The van der Waals surface area contributed by atoms with Crippen LogP contribution in [0.2, 0.25) is 0 Å². The Labute approximate surface area is 346 Å². The number of rotatable bonds is 20. The summed E-state index contributed by atoms with van der Waals surface area (Å²) in [6, 6.07) is 18.5. The number of nitro benzene ring substituents is 1. The molecule has 7 rings (SSSR count). The Morgan fingerprint density at radius 3 is 2.53 bits per heavy atom. The van der Waals surface area contributed by atoms with Crippen molar-refractivity contribution in [1.82, 2.24) is 4.98 Å². The van der Waals surface area contributed by atoms with E-state index in [1.165, 1.54) is 25.0 Å². The fourth-order valence-corrected chi connectivity index (χ4v) is 11.3. The van der Waals surface area contributed by atoms with Crippen LogP contribution in [0, 0.1) is 34.8 Å². The van der Waals surface area contributed by atoms with Gasteiger partial charge in [0.05, 0.1) is 34.1 Å². The van der Waals surface area contributed by atoms with Gasteiger partial charge in [-0.25, -0.2) is 0 Å². The lowest BCUT2D eigenvalue weighted by Crippen LogP contribution is -2.64. The van der Waals surface area contributed by atoms with Gasteiger partial charge in [-0.15, -0.1) is 18.3 Å². The summed E-state index contributed by atoms with van der Waals surface area (Å²) in [5.41, 5.74) is 5.62. The number of nitrogens with zero attached hydrogens (tertiary/aromatic N) is 3. The molecule has 1 aromatic heterocycles. The van der Waals surface area contributed by atoms with Crippen LogP contribution in [0.15, 0.2) is 90.1 Å². The Hall–Kier alpha value is -4.23. The highest BCUT2D eigenvalue weighted by Crippen LogP contribution is 2.63. The number of fused-ring (bicyclic) bond motifs is 2. The van der Waals surface area contributed by atoms with E-state index in [2.05, 4.69) is 23.7 Å². The third-order valence-electron chi connectivity index (χ3n) is 12.2. The second kappa shape index (κ2) is 19.7. The van der Waals surface area contributed by atoms with Gasteiger partial charge in [0, 0.05) is 54.2 Å². The van der Waals surface area contributed by atoms with Gasteiger partial charge in [0.1, 0.15) is 24.7 Å². The summed E-state index contributed by atoms with van der Waals surface area (Å²) in [5.74, 6) is 0.557. The summed E-state index contributed by atoms with van der Waals surface area (Å²) in [7, 11) is 0.